The molecule has 2 fully saturated rings. The minimum absolute atomic E-state index is 0.0806. The minimum Gasteiger partial charge on any atom is -0.495 e. The fraction of sp³-hybridized carbons (Fsp3) is 0.478. The maximum atomic E-state index is 5.64. The highest BCUT2D eigenvalue weighted by Gasteiger charge is 2.23. The molecule has 2 aromatic rings. The molecule has 2 saturated heterocycles. The van der Waals surface area contributed by atoms with E-state index in [2.05, 4.69) is 76.5 Å². The molecular weight excluding hydrogens is 362 g/mol. The van der Waals surface area contributed by atoms with Crippen LogP contribution in [0.25, 0.3) is 0 Å². The highest BCUT2D eigenvalue weighted by atomic mass is 16.5. The molecule has 0 aromatic heterocycles. The van der Waals surface area contributed by atoms with Gasteiger partial charge in [0.05, 0.1) is 19.3 Å². The van der Waals surface area contributed by atoms with Gasteiger partial charge in [-0.15, -0.1) is 0 Å². The van der Waals surface area contributed by atoms with Gasteiger partial charge in [0.15, 0.2) is 0 Å². The lowest BCUT2D eigenvalue weighted by molar-refractivity contribution is 0.311. The Labute approximate surface area is 174 Å². The highest BCUT2D eigenvalue weighted by Crippen LogP contribution is 2.32. The van der Waals surface area contributed by atoms with E-state index < -0.39 is 0 Å². The summed E-state index contributed by atoms with van der Waals surface area (Å²) in [7, 11) is 3.93. The normalized spacial score (nSPS) is 20.6. The number of aryl methyl sites for hydroxylation is 1. The summed E-state index contributed by atoms with van der Waals surface area (Å²) in [6.07, 6.45) is 0.0806. The van der Waals surface area contributed by atoms with Crippen molar-refractivity contribution in [3.05, 3.63) is 48.0 Å². The van der Waals surface area contributed by atoms with Crippen LogP contribution < -0.4 is 25.2 Å². The number of rotatable bonds is 5. The van der Waals surface area contributed by atoms with E-state index in [-0.39, 0.29) is 6.17 Å². The Kier molecular flexibility index (Phi) is 6.11. The molecule has 6 nitrogen and oxygen atoms in total. The Morgan fingerprint density at radius 2 is 1.76 bits per heavy atom. The molecule has 1 atom stereocenters. The van der Waals surface area contributed by atoms with E-state index in [1.165, 1.54) is 11.3 Å². The number of likely N-dealkylation sites (N-methyl/N-ethyl adjacent to an activating group) is 1. The third kappa shape index (κ3) is 4.60. The first-order valence-corrected chi connectivity index (χ1v) is 10.5. The van der Waals surface area contributed by atoms with Crippen molar-refractivity contribution in [2.45, 2.75) is 13.1 Å². The van der Waals surface area contributed by atoms with Gasteiger partial charge in [0.25, 0.3) is 0 Å². The van der Waals surface area contributed by atoms with E-state index in [1.54, 1.807) is 7.11 Å². The van der Waals surface area contributed by atoms with Crippen LogP contribution in [0.15, 0.2) is 42.5 Å². The zero-order chi connectivity index (χ0) is 20.2. The fourth-order valence-electron chi connectivity index (χ4n) is 4.19. The molecule has 1 N–H and O–H groups in total. The van der Waals surface area contributed by atoms with Gasteiger partial charge in [0.2, 0.25) is 0 Å². The van der Waals surface area contributed by atoms with Crippen LogP contribution in [0.4, 0.5) is 17.1 Å². The summed E-state index contributed by atoms with van der Waals surface area (Å²) in [6.45, 7) is 9.05. The molecule has 0 amide bonds. The molecule has 2 aliphatic heterocycles. The molecule has 0 spiro atoms. The molecule has 0 saturated carbocycles. The van der Waals surface area contributed by atoms with Crippen molar-refractivity contribution in [3.8, 4) is 5.75 Å². The second-order valence-electron chi connectivity index (χ2n) is 7.98. The van der Waals surface area contributed by atoms with Crippen LogP contribution in [0.1, 0.15) is 5.56 Å². The van der Waals surface area contributed by atoms with Gasteiger partial charge in [-0.1, -0.05) is 18.2 Å². The van der Waals surface area contributed by atoms with Crippen molar-refractivity contribution in [2.24, 2.45) is 0 Å². The molecule has 2 aliphatic rings. The summed E-state index contributed by atoms with van der Waals surface area (Å²) in [5.74, 6) is 0.933. The molecule has 2 heterocycles. The molecular formula is C23H32N5O. The molecule has 155 valence electrons. The number of benzene rings is 2. The lowest BCUT2D eigenvalue weighted by Gasteiger charge is -2.36. The molecule has 1 unspecified atom stereocenters. The number of para-hydroxylation sites is 1. The quantitative estimate of drug-likeness (QED) is 0.845. The number of ether oxygens (including phenoxy) is 1. The fourth-order valence-corrected chi connectivity index (χ4v) is 4.19. The summed E-state index contributed by atoms with van der Waals surface area (Å²) >= 11 is 0. The average Bonchev–Trinajstić information content (AvgIpc) is 2.75. The Morgan fingerprint density at radius 3 is 2.52 bits per heavy atom. The summed E-state index contributed by atoms with van der Waals surface area (Å²) in [6, 6.07) is 15.0. The number of piperazine rings is 2. The molecule has 29 heavy (non-hydrogen) atoms. The van der Waals surface area contributed by atoms with Crippen molar-refractivity contribution in [1.82, 2.24) is 10.2 Å². The summed E-state index contributed by atoms with van der Waals surface area (Å²) in [5, 5.41) is 8.46. The smallest absolute Gasteiger partial charge is 0.142 e. The largest absolute Gasteiger partial charge is 0.495 e. The Hall–Kier alpha value is -2.44. The first kappa shape index (κ1) is 19.9. The molecule has 1 radical (unpaired) electrons. The van der Waals surface area contributed by atoms with Crippen LogP contribution in [0.5, 0.6) is 5.75 Å². The number of anilines is 3. The van der Waals surface area contributed by atoms with Crippen LogP contribution >= 0.6 is 0 Å². The van der Waals surface area contributed by atoms with Gasteiger partial charge in [0.1, 0.15) is 11.9 Å². The number of methoxy groups -OCH3 is 1. The summed E-state index contributed by atoms with van der Waals surface area (Å²) < 4.78 is 5.64. The summed E-state index contributed by atoms with van der Waals surface area (Å²) in [5.41, 5.74) is 4.88. The van der Waals surface area contributed by atoms with Gasteiger partial charge in [-0.2, -0.15) is 0 Å². The van der Waals surface area contributed by atoms with E-state index >= 15 is 0 Å². The SMILES string of the molecule is COc1ccc(NC2CN(c3ccccc3C)CC[N]2)cc1N1CCN(C)CC1. The first-order valence-electron chi connectivity index (χ1n) is 10.5. The molecule has 0 aliphatic carbocycles. The second-order valence-corrected chi connectivity index (χ2v) is 7.98. The van der Waals surface area contributed by atoms with E-state index in [1.807, 2.05) is 0 Å². The second kappa shape index (κ2) is 8.93. The van der Waals surface area contributed by atoms with Crippen molar-refractivity contribution < 1.29 is 4.74 Å². The lowest BCUT2D eigenvalue weighted by atomic mass is 10.1. The van der Waals surface area contributed by atoms with Gasteiger partial charge >= 0.3 is 0 Å². The lowest BCUT2D eigenvalue weighted by Crippen LogP contribution is -2.50. The van der Waals surface area contributed by atoms with E-state index in [0.717, 1.165) is 62.9 Å². The average molecular weight is 395 g/mol. The van der Waals surface area contributed by atoms with E-state index in [9.17, 15) is 0 Å². The number of hydrogen-bond donors (Lipinski definition) is 1. The van der Waals surface area contributed by atoms with E-state index in [0.29, 0.717) is 0 Å². The third-order valence-corrected chi connectivity index (χ3v) is 5.92. The van der Waals surface area contributed by atoms with Gasteiger partial charge in [-0.05, 0) is 43.8 Å². The van der Waals surface area contributed by atoms with Crippen molar-refractivity contribution in [2.75, 3.05) is 75.1 Å². The summed E-state index contributed by atoms with van der Waals surface area (Å²) in [4.78, 5) is 7.22. The zero-order valence-electron chi connectivity index (χ0n) is 17.8. The topological polar surface area (TPSA) is 45.1 Å². The van der Waals surface area contributed by atoms with Crippen LogP contribution in [-0.4, -0.2) is 71.0 Å². The van der Waals surface area contributed by atoms with Crippen LogP contribution in [-0.2, 0) is 0 Å². The molecule has 0 bridgehead atoms. The van der Waals surface area contributed by atoms with Gasteiger partial charge in [0, 0.05) is 50.6 Å². The Morgan fingerprint density at radius 1 is 0.966 bits per heavy atom. The molecule has 2 aromatic carbocycles. The predicted molar refractivity (Wildman–Crippen MR) is 121 cm³/mol. The maximum absolute atomic E-state index is 5.64. The number of nitrogens with one attached hydrogen (secondary N) is 1. The molecule has 4 rings (SSSR count). The highest BCUT2D eigenvalue weighted by molar-refractivity contribution is 5.67. The van der Waals surface area contributed by atoms with Crippen molar-refractivity contribution >= 4 is 17.1 Å². The van der Waals surface area contributed by atoms with Crippen molar-refractivity contribution in [1.29, 1.82) is 0 Å². The maximum Gasteiger partial charge on any atom is 0.142 e. The van der Waals surface area contributed by atoms with Crippen molar-refractivity contribution in [3.63, 3.8) is 0 Å². The van der Waals surface area contributed by atoms with Gasteiger partial charge in [-0.25, -0.2) is 5.32 Å². The number of hydrogen-bond acceptors (Lipinski definition) is 5. The third-order valence-electron chi connectivity index (χ3n) is 5.92. The Bertz CT molecular complexity index is 819. The Balaban J connectivity index is 1.47. The predicted octanol–water partition coefficient (Wildman–Crippen LogP) is 2.62. The molecule has 6 heteroatoms. The van der Waals surface area contributed by atoms with E-state index in [4.69, 9.17) is 10.1 Å². The monoisotopic (exact) mass is 394 g/mol. The van der Waals surface area contributed by atoms with Gasteiger partial charge in [-0.3, -0.25) is 0 Å². The van der Waals surface area contributed by atoms with Crippen LogP contribution in [0, 0.1) is 6.92 Å². The standard InChI is InChI=1S/C23H32N5O/c1-18-6-4-5-7-20(18)28-11-10-24-23(17-28)25-19-8-9-22(29-3)21(16-19)27-14-12-26(2)13-15-27/h4-9,16,23,25H,10-15,17H2,1-3H3. The van der Waals surface area contributed by atoms with Crippen LogP contribution in [0.3, 0.4) is 0 Å². The minimum atomic E-state index is 0.0806. The van der Waals surface area contributed by atoms with Gasteiger partial charge < -0.3 is 24.8 Å². The number of nitrogens with zero attached hydrogens (tertiary/aromatic N) is 4. The zero-order valence-corrected chi connectivity index (χ0v) is 17.8. The first-order chi connectivity index (χ1) is 14.1. The van der Waals surface area contributed by atoms with Crippen LogP contribution in [0.2, 0.25) is 0 Å².